The average Bonchev–Trinajstić information content (AvgIpc) is 2.86. The fraction of sp³-hybridized carbons (Fsp3) is 0.357. The van der Waals surface area contributed by atoms with Crippen LogP contribution in [0.5, 0.6) is 11.5 Å². The molecule has 100 valence electrons. The van der Waals surface area contributed by atoms with E-state index in [1.165, 1.54) is 0 Å². The van der Waals surface area contributed by atoms with Gasteiger partial charge in [0.1, 0.15) is 17.2 Å². The zero-order chi connectivity index (χ0) is 13.4. The quantitative estimate of drug-likeness (QED) is 0.867. The number of nitrogen functional groups attached to an aromatic ring is 1. The lowest BCUT2D eigenvalue weighted by Gasteiger charge is -2.21. The molecule has 0 amide bonds. The molecule has 1 aliphatic rings. The molecule has 1 heterocycles. The van der Waals surface area contributed by atoms with E-state index in [0.717, 1.165) is 42.6 Å². The third-order valence-corrected chi connectivity index (χ3v) is 3.61. The van der Waals surface area contributed by atoms with Crippen LogP contribution in [0, 0.1) is 0 Å². The SMILES string of the molecule is COc1cc(-c2cc(N)on2)c(O)c2c1CCCC2. The Balaban J connectivity index is 2.20. The number of anilines is 1. The molecule has 1 aromatic carbocycles. The maximum absolute atomic E-state index is 10.4. The first-order valence-electron chi connectivity index (χ1n) is 6.35. The lowest BCUT2D eigenvalue weighted by atomic mass is 9.88. The number of aromatic nitrogens is 1. The number of rotatable bonds is 2. The fourth-order valence-electron chi connectivity index (χ4n) is 2.68. The topological polar surface area (TPSA) is 81.5 Å². The molecule has 0 spiro atoms. The number of nitrogens with two attached hydrogens (primary N) is 1. The molecule has 0 atom stereocenters. The Labute approximate surface area is 111 Å². The van der Waals surface area contributed by atoms with Gasteiger partial charge in [-0.25, -0.2) is 0 Å². The number of fused-ring (bicyclic) bond motifs is 1. The van der Waals surface area contributed by atoms with Crippen LogP contribution in [0.4, 0.5) is 5.88 Å². The third-order valence-electron chi connectivity index (χ3n) is 3.61. The van der Waals surface area contributed by atoms with E-state index in [2.05, 4.69) is 5.16 Å². The van der Waals surface area contributed by atoms with Gasteiger partial charge >= 0.3 is 0 Å². The second-order valence-electron chi connectivity index (χ2n) is 4.75. The van der Waals surface area contributed by atoms with Gasteiger partial charge in [-0.05, 0) is 31.7 Å². The maximum atomic E-state index is 10.4. The van der Waals surface area contributed by atoms with Gasteiger partial charge in [-0.15, -0.1) is 0 Å². The van der Waals surface area contributed by atoms with Crippen LogP contribution < -0.4 is 10.5 Å². The molecule has 0 aliphatic heterocycles. The number of phenolic OH excluding ortho intramolecular Hbond substituents is 1. The summed E-state index contributed by atoms with van der Waals surface area (Å²) in [5, 5.41) is 14.3. The van der Waals surface area contributed by atoms with E-state index in [-0.39, 0.29) is 11.6 Å². The largest absolute Gasteiger partial charge is 0.507 e. The molecular formula is C14H16N2O3. The van der Waals surface area contributed by atoms with Crippen LogP contribution in [-0.2, 0) is 12.8 Å². The number of nitrogens with zero attached hydrogens (tertiary/aromatic N) is 1. The number of phenols is 1. The van der Waals surface area contributed by atoms with Gasteiger partial charge in [-0.2, -0.15) is 0 Å². The summed E-state index contributed by atoms with van der Waals surface area (Å²) in [6, 6.07) is 3.40. The van der Waals surface area contributed by atoms with Crippen molar-refractivity contribution in [1.82, 2.24) is 5.16 Å². The van der Waals surface area contributed by atoms with E-state index >= 15 is 0 Å². The van der Waals surface area contributed by atoms with Gasteiger partial charge in [0.2, 0.25) is 5.88 Å². The average molecular weight is 260 g/mol. The molecule has 5 heteroatoms. The Morgan fingerprint density at radius 3 is 2.63 bits per heavy atom. The van der Waals surface area contributed by atoms with E-state index in [9.17, 15) is 5.11 Å². The Morgan fingerprint density at radius 1 is 1.26 bits per heavy atom. The van der Waals surface area contributed by atoms with Crippen LogP contribution in [0.3, 0.4) is 0 Å². The summed E-state index contributed by atoms with van der Waals surface area (Å²) in [6.45, 7) is 0. The Bertz CT molecular complexity index is 619. The van der Waals surface area contributed by atoms with Crippen molar-refractivity contribution < 1.29 is 14.4 Å². The minimum Gasteiger partial charge on any atom is -0.507 e. The van der Waals surface area contributed by atoms with Crippen LogP contribution >= 0.6 is 0 Å². The van der Waals surface area contributed by atoms with Crippen molar-refractivity contribution in [3.8, 4) is 22.8 Å². The zero-order valence-corrected chi connectivity index (χ0v) is 10.8. The van der Waals surface area contributed by atoms with Crippen molar-refractivity contribution in [1.29, 1.82) is 0 Å². The van der Waals surface area contributed by atoms with E-state index in [1.807, 2.05) is 0 Å². The predicted molar refractivity (Wildman–Crippen MR) is 71.2 cm³/mol. The second-order valence-corrected chi connectivity index (χ2v) is 4.75. The number of methoxy groups -OCH3 is 1. The number of hydrogen-bond donors (Lipinski definition) is 2. The molecule has 19 heavy (non-hydrogen) atoms. The van der Waals surface area contributed by atoms with Crippen molar-refractivity contribution >= 4 is 5.88 Å². The van der Waals surface area contributed by atoms with Gasteiger partial charge in [0, 0.05) is 22.8 Å². The molecule has 0 radical (unpaired) electrons. The van der Waals surface area contributed by atoms with E-state index in [4.69, 9.17) is 15.0 Å². The Morgan fingerprint density at radius 2 is 2.00 bits per heavy atom. The Kier molecular flexibility index (Phi) is 2.81. The molecule has 3 N–H and O–H groups in total. The van der Waals surface area contributed by atoms with E-state index < -0.39 is 0 Å². The van der Waals surface area contributed by atoms with Gasteiger partial charge < -0.3 is 20.1 Å². The summed E-state index contributed by atoms with van der Waals surface area (Å²) in [6.07, 6.45) is 4.00. The minimum atomic E-state index is 0.228. The fourth-order valence-corrected chi connectivity index (χ4v) is 2.68. The van der Waals surface area contributed by atoms with Gasteiger partial charge in [0.25, 0.3) is 0 Å². The summed E-state index contributed by atoms with van der Waals surface area (Å²) in [5.74, 6) is 1.29. The molecule has 1 aliphatic carbocycles. The minimum absolute atomic E-state index is 0.228. The van der Waals surface area contributed by atoms with E-state index in [0.29, 0.717) is 11.3 Å². The number of ether oxygens (including phenoxy) is 1. The highest BCUT2D eigenvalue weighted by Gasteiger charge is 2.22. The molecule has 0 bridgehead atoms. The van der Waals surface area contributed by atoms with Crippen LogP contribution in [0.2, 0.25) is 0 Å². The molecule has 0 unspecified atom stereocenters. The molecule has 0 fully saturated rings. The van der Waals surface area contributed by atoms with Crippen LogP contribution in [-0.4, -0.2) is 17.4 Å². The first kappa shape index (κ1) is 11.9. The molecule has 2 aromatic rings. The van der Waals surface area contributed by atoms with Crippen LogP contribution in [0.25, 0.3) is 11.3 Å². The monoisotopic (exact) mass is 260 g/mol. The smallest absolute Gasteiger partial charge is 0.222 e. The summed E-state index contributed by atoms with van der Waals surface area (Å²) < 4.78 is 10.3. The molecular weight excluding hydrogens is 244 g/mol. The zero-order valence-electron chi connectivity index (χ0n) is 10.8. The van der Waals surface area contributed by atoms with Crippen molar-refractivity contribution in [2.24, 2.45) is 0 Å². The maximum Gasteiger partial charge on any atom is 0.222 e. The van der Waals surface area contributed by atoms with Crippen LogP contribution in [0.15, 0.2) is 16.7 Å². The summed E-state index contributed by atoms with van der Waals surface area (Å²) in [4.78, 5) is 0. The molecule has 0 saturated heterocycles. The molecule has 5 nitrogen and oxygen atoms in total. The van der Waals surface area contributed by atoms with E-state index in [1.54, 1.807) is 19.2 Å². The van der Waals surface area contributed by atoms with Gasteiger partial charge in [-0.1, -0.05) is 5.16 Å². The predicted octanol–water partition coefficient (Wildman–Crippen LogP) is 2.52. The third kappa shape index (κ3) is 1.91. The number of aromatic hydroxyl groups is 1. The van der Waals surface area contributed by atoms with Crippen molar-refractivity contribution in [3.05, 3.63) is 23.3 Å². The van der Waals surface area contributed by atoms with Gasteiger partial charge in [0.15, 0.2) is 0 Å². The second kappa shape index (κ2) is 4.50. The number of hydrogen-bond acceptors (Lipinski definition) is 5. The standard InChI is InChI=1S/C14H16N2O3/c1-18-12-6-10(11-7-13(15)19-16-11)14(17)9-5-3-2-4-8(9)12/h6-7,17H,2-5,15H2,1H3. The Hall–Kier alpha value is -2.17. The number of benzene rings is 1. The summed E-state index contributed by atoms with van der Waals surface area (Å²) in [5.41, 5.74) is 8.73. The highest BCUT2D eigenvalue weighted by molar-refractivity contribution is 5.74. The molecule has 1 aromatic heterocycles. The van der Waals surface area contributed by atoms with Crippen LogP contribution in [0.1, 0.15) is 24.0 Å². The summed E-state index contributed by atoms with van der Waals surface area (Å²) >= 11 is 0. The van der Waals surface area contributed by atoms with Gasteiger partial charge in [0.05, 0.1) is 7.11 Å². The first-order chi connectivity index (χ1) is 9.20. The van der Waals surface area contributed by atoms with Crippen molar-refractivity contribution in [3.63, 3.8) is 0 Å². The normalized spacial score (nSPS) is 14.2. The lowest BCUT2D eigenvalue weighted by Crippen LogP contribution is -2.06. The van der Waals surface area contributed by atoms with Crippen molar-refractivity contribution in [2.45, 2.75) is 25.7 Å². The molecule has 0 saturated carbocycles. The van der Waals surface area contributed by atoms with Crippen molar-refractivity contribution in [2.75, 3.05) is 12.8 Å². The van der Waals surface area contributed by atoms with Gasteiger partial charge in [-0.3, -0.25) is 0 Å². The molecule has 3 rings (SSSR count). The highest BCUT2D eigenvalue weighted by atomic mass is 16.5. The summed E-state index contributed by atoms with van der Waals surface area (Å²) in [7, 11) is 1.64. The lowest BCUT2D eigenvalue weighted by molar-refractivity contribution is 0.401. The first-order valence-corrected chi connectivity index (χ1v) is 6.35. The highest BCUT2D eigenvalue weighted by Crippen LogP contribution is 2.42.